The molecule has 38 heavy (non-hydrogen) atoms. The number of carbonyl (C=O) groups is 4. The highest BCUT2D eigenvalue weighted by Gasteiger charge is 2.47. The highest BCUT2D eigenvalue weighted by Crippen LogP contribution is 2.34. The second kappa shape index (κ2) is 12.8. The summed E-state index contributed by atoms with van der Waals surface area (Å²) in [7, 11) is 1.58. The number of nitrogens with zero attached hydrogens (tertiary/aromatic N) is 2. The molecular weight excluding hydrogens is 508 g/mol. The molecule has 0 bridgehead atoms. The number of amides is 5. The highest BCUT2D eigenvalue weighted by molar-refractivity contribution is 6.30. The molecular formula is C28H33ClN4O5. The van der Waals surface area contributed by atoms with E-state index >= 15 is 0 Å². The van der Waals surface area contributed by atoms with Gasteiger partial charge in [0.05, 0.1) is 13.0 Å². The number of fused-ring (bicyclic) bond motifs is 1. The third-order valence-corrected chi connectivity index (χ3v) is 7.30. The maximum absolute atomic E-state index is 13.4. The molecule has 2 aromatic rings. The van der Waals surface area contributed by atoms with Gasteiger partial charge < -0.3 is 20.3 Å². The zero-order valence-corrected chi connectivity index (χ0v) is 22.2. The number of hydrogen-bond acceptors (Lipinski definition) is 5. The summed E-state index contributed by atoms with van der Waals surface area (Å²) < 4.78 is 5.31. The van der Waals surface area contributed by atoms with Crippen molar-refractivity contribution >= 4 is 41.0 Å². The van der Waals surface area contributed by atoms with E-state index in [1.54, 1.807) is 31.4 Å². The second-order valence-electron chi connectivity index (χ2n) is 9.61. The first-order valence-corrected chi connectivity index (χ1v) is 13.3. The number of para-hydroxylation sites is 1. The van der Waals surface area contributed by atoms with E-state index in [2.05, 4.69) is 10.6 Å². The van der Waals surface area contributed by atoms with E-state index in [-0.39, 0.29) is 49.2 Å². The number of benzene rings is 2. The summed E-state index contributed by atoms with van der Waals surface area (Å²) in [5.74, 6) is -0.379. The van der Waals surface area contributed by atoms with Crippen molar-refractivity contribution in [1.29, 1.82) is 0 Å². The Balaban J connectivity index is 1.35. The largest absolute Gasteiger partial charge is 0.496 e. The normalized spacial score (nSPS) is 19.1. The van der Waals surface area contributed by atoms with Crippen LogP contribution in [0.25, 0.3) is 0 Å². The Morgan fingerprint density at radius 1 is 1.05 bits per heavy atom. The van der Waals surface area contributed by atoms with Gasteiger partial charge in [-0.15, -0.1) is 0 Å². The van der Waals surface area contributed by atoms with Crippen LogP contribution in [0.1, 0.15) is 44.1 Å². The van der Waals surface area contributed by atoms with E-state index in [0.717, 1.165) is 18.4 Å². The van der Waals surface area contributed by atoms with Gasteiger partial charge in [-0.05, 0) is 43.5 Å². The smallest absolute Gasteiger partial charge is 0.327 e. The fourth-order valence-electron chi connectivity index (χ4n) is 5.20. The average Bonchev–Trinajstić information content (AvgIpc) is 2.92. The first kappa shape index (κ1) is 27.4. The molecule has 2 atom stereocenters. The van der Waals surface area contributed by atoms with Crippen LogP contribution in [-0.2, 0) is 20.9 Å². The Morgan fingerprint density at radius 2 is 1.84 bits per heavy atom. The number of carbonyl (C=O) groups excluding carboxylic acids is 4. The summed E-state index contributed by atoms with van der Waals surface area (Å²) in [5.41, 5.74) is 1.40. The molecule has 2 aliphatic rings. The molecule has 2 N–H and O–H groups in total. The van der Waals surface area contributed by atoms with Gasteiger partial charge in [0.1, 0.15) is 12.3 Å². The first-order valence-electron chi connectivity index (χ1n) is 12.9. The monoisotopic (exact) mass is 540 g/mol. The summed E-state index contributed by atoms with van der Waals surface area (Å²) >= 11 is 6.01. The Morgan fingerprint density at radius 3 is 2.63 bits per heavy atom. The number of ether oxygens (including phenoxy) is 1. The van der Waals surface area contributed by atoms with E-state index in [0.29, 0.717) is 42.3 Å². The van der Waals surface area contributed by atoms with Gasteiger partial charge >= 0.3 is 6.03 Å². The summed E-state index contributed by atoms with van der Waals surface area (Å²) in [6.07, 6.45) is 3.67. The Bertz CT molecular complexity index is 1190. The summed E-state index contributed by atoms with van der Waals surface area (Å²) in [6.45, 7) is 0.286. The molecule has 2 aromatic carbocycles. The molecule has 1 heterocycles. The summed E-state index contributed by atoms with van der Waals surface area (Å²) in [6, 6.07) is 13.5. The number of imide groups is 1. The molecule has 10 heteroatoms. The Hall–Kier alpha value is -3.59. The molecule has 2 unspecified atom stereocenters. The molecule has 0 aromatic heterocycles. The third-order valence-electron chi connectivity index (χ3n) is 7.07. The maximum atomic E-state index is 13.4. The topological polar surface area (TPSA) is 108 Å². The van der Waals surface area contributed by atoms with Crippen molar-refractivity contribution in [3.8, 4) is 5.75 Å². The van der Waals surface area contributed by atoms with E-state index in [1.807, 2.05) is 24.3 Å². The molecule has 202 valence electrons. The average molecular weight is 541 g/mol. The molecule has 0 radical (unpaired) electrons. The van der Waals surface area contributed by atoms with Crippen LogP contribution in [-0.4, -0.2) is 59.8 Å². The van der Waals surface area contributed by atoms with Crippen LogP contribution in [0.5, 0.6) is 5.75 Å². The molecule has 1 aliphatic carbocycles. The fraction of sp³-hybridized carbons (Fsp3) is 0.429. The van der Waals surface area contributed by atoms with E-state index in [4.69, 9.17) is 16.3 Å². The molecule has 5 amide bonds. The standard InChI is InChI=1S/C28H33ClN4O5/c1-38-24-13-5-2-8-19(24)17-30-25(34)14-7-15-32-27(36)22-11-3-4-12-23(22)33(28(32)37)18-26(35)31-21-10-6-9-20(29)16-21/h2,5-6,8-10,13,16,22-23H,3-4,7,11-12,14-15,17-18H2,1H3,(H,30,34)(H,31,35). The van der Waals surface area contributed by atoms with Gasteiger partial charge in [0.15, 0.2) is 0 Å². The predicted molar refractivity (Wildman–Crippen MR) is 144 cm³/mol. The number of anilines is 1. The van der Waals surface area contributed by atoms with Gasteiger partial charge in [-0.25, -0.2) is 4.79 Å². The van der Waals surface area contributed by atoms with Crippen LogP contribution >= 0.6 is 11.6 Å². The van der Waals surface area contributed by atoms with E-state index in [1.165, 1.54) is 9.80 Å². The molecule has 0 spiro atoms. The molecule has 1 saturated heterocycles. The number of rotatable bonds is 10. The molecule has 9 nitrogen and oxygen atoms in total. The van der Waals surface area contributed by atoms with Gasteiger partial charge in [0, 0.05) is 41.8 Å². The quantitative estimate of drug-likeness (QED) is 0.469. The number of methoxy groups -OCH3 is 1. The fourth-order valence-corrected chi connectivity index (χ4v) is 5.40. The minimum atomic E-state index is -0.478. The molecule has 4 rings (SSSR count). The molecule has 1 aliphatic heterocycles. The van der Waals surface area contributed by atoms with E-state index in [9.17, 15) is 19.2 Å². The van der Waals surface area contributed by atoms with Crippen molar-refractivity contribution < 1.29 is 23.9 Å². The van der Waals surface area contributed by atoms with Gasteiger partial charge in [-0.2, -0.15) is 0 Å². The van der Waals surface area contributed by atoms with Crippen molar-refractivity contribution in [2.75, 3.05) is 25.5 Å². The third kappa shape index (κ3) is 6.64. The minimum Gasteiger partial charge on any atom is -0.496 e. The zero-order chi connectivity index (χ0) is 27.1. The number of urea groups is 1. The van der Waals surface area contributed by atoms with Crippen LogP contribution in [0.4, 0.5) is 10.5 Å². The van der Waals surface area contributed by atoms with Crippen molar-refractivity contribution in [1.82, 2.24) is 15.1 Å². The van der Waals surface area contributed by atoms with Crippen molar-refractivity contribution in [3.05, 3.63) is 59.1 Å². The zero-order valence-electron chi connectivity index (χ0n) is 21.5. The van der Waals surface area contributed by atoms with Crippen molar-refractivity contribution in [3.63, 3.8) is 0 Å². The maximum Gasteiger partial charge on any atom is 0.327 e. The van der Waals surface area contributed by atoms with Crippen molar-refractivity contribution in [2.45, 2.75) is 51.1 Å². The molecule has 1 saturated carbocycles. The Kier molecular flexibility index (Phi) is 9.23. The highest BCUT2D eigenvalue weighted by atomic mass is 35.5. The van der Waals surface area contributed by atoms with Crippen LogP contribution in [0.2, 0.25) is 5.02 Å². The van der Waals surface area contributed by atoms with Crippen LogP contribution in [0.15, 0.2) is 48.5 Å². The van der Waals surface area contributed by atoms with Gasteiger partial charge in [-0.1, -0.05) is 48.7 Å². The lowest BCUT2D eigenvalue weighted by Crippen LogP contribution is -2.63. The number of nitrogens with one attached hydrogen (secondary N) is 2. The predicted octanol–water partition coefficient (Wildman–Crippen LogP) is 4.21. The SMILES string of the molecule is COc1ccccc1CNC(=O)CCCN1C(=O)C2CCCCC2N(CC(=O)Nc2cccc(Cl)c2)C1=O. The molecule has 2 fully saturated rings. The van der Waals surface area contributed by atoms with Crippen LogP contribution < -0.4 is 15.4 Å². The summed E-state index contributed by atoms with van der Waals surface area (Å²) in [4.78, 5) is 54.6. The van der Waals surface area contributed by atoms with Crippen LogP contribution in [0.3, 0.4) is 0 Å². The summed E-state index contributed by atoms with van der Waals surface area (Å²) in [5, 5.41) is 6.14. The lowest BCUT2D eigenvalue weighted by molar-refractivity contribution is -0.142. The van der Waals surface area contributed by atoms with Gasteiger partial charge in [0.2, 0.25) is 17.7 Å². The lowest BCUT2D eigenvalue weighted by atomic mass is 9.81. The van der Waals surface area contributed by atoms with Crippen LogP contribution in [0, 0.1) is 5.92 Å². The van der Waals surface area contributed by atoms with Gasteiger partial charge in [0.25, 0.3) is 0 Å². The second-order valence-corrected chi connectivity index (χ2v) is 10.0. The first-order chi connectivity index (χ1) is 18.4. The Labute approximate surface area is 227 Å². The van der Waals surface area contributed by atoms with E-state index < -0.39 is 6.03 Å². The van der Waals surface area contributed by atoms with Gasteiger partial charge in [-0.3, -0.25) is 19.3 Å². The lowest BCUT2D eigenvalue weighted by Gasteiger charge is -2.46. The number of halogens is 1. The number of hydrogen-bond donors (Lipinski definition) is 2. The van der Waals surface area contributed by atoms with Crippen molar-refractivity contribution in [2.24, 2.45) is 5.92 Å². The minimum absolute atomic E-state index is 0.120.